The van der Waals surface area contributed by atoms with Gasteiger partial charge in [-0.15, -0.1) is 11.3 Å². The van der Waals surface area contributed by atoms with Crippen molar-refractivity contribution in [3.8, 4) is 0 Å². The number of benzene rings is 2. The molecule has 2 aromatic carbocycles. The first-order chi connectivity index (χ1) is 10.7. The molecule has 3 aromatic rings. The van der Waals surface area contributed by atoms with Gasteiger partial charge in [-0.2, -0.15) is 0 Å². The quantitative estimate of drug-likeness (QED) is 0.781. The van der Waals surface area contributed by atoms with Crippen molar-refractivity contribution in [2.24, 2.45) is 0 Å². The Morgan fingerprint density at radius 3 is 2.59 bits per heavy atom. The maximum absolute atomic E-state index is 12.3. The van der Waals surface area contributed by atoms with Gasteiger partial charge in [0.25, 0.3) is 5.91 Å². The lowest BCUT2D eigenvalue weighted by Gasteiger charge is -2.06. The number of para-hydroxylation sites is 1. The first-order valence-electron chi connectivity index (χ1n) is 7.07. The van der Waals surface area contributed by atoms with Crippen LogP contribution in [0.15, 0.2) is 60.0 Å². The third kappa shape index (κ3) is 3.40. The molecule has 3 nitrogen and oxygen atoms in total. The summed E-state index contributed by atoms with van der Waals surface area (Å²) in [5, 5.41) is 5.67. The zero-order valence-corrected chi connectivity index (χ0v) is 13.1. The number of nitrogens with zero attached hydrogens (tertiary/aromatic N) is 1. The van der Waals surface area contributed by atoms with Crippen molar-refractivity contribution in [3.05, 3.63) is 81.8 Å². The molecule has 0 fully saturated rings. The maximum Gasteiger partial charge on any atom is 0.275 e. The Hall–Kier alpha value is -2.46. The largest absolute Gasteiger partial charge is 0.320 e. The average Bonchev–Trinajstić information content (AvgIpc) is 2.99. The molecule has 0 atom stereocenters. The van der Waals surface area contributed by atoms with Crippen molar-refractivity contribution < 1.29 is 4.79 Å². The summed E-state index contributed by atoms with van der Waals surface area (Å²) < 4.78 is 0. The zero-order chi connectivity index (χ0) is 15.4. The van der Waals surface area contributed by atoms with Gasteiger partial charge < -0.3 is 5.32 Å². The van der Waals surface area contributed by atoms with Gasteiger partial charge in [0.15, 0.2) is 0 Å². The topological polar surface area (TPSA) is 42.0 Å². The minimum Gasteiger partial charge on any atom is -0.320 e. The Morgan fingerprint density at radius 2 is 1.82 bits per heavy atom. The first kappa shape index (κ1) is 14.5. The van der Waals surface area contributed by atoms with E-state index in [1.807, 2.05) is 54.8 Å². The molecule has 1 N–H and O–H groups in total. The number of carbonyl (C=O) groups excluding carboxylic acids is 1. The van der Waals surface area contributed by atoms with Gasteiger partial charge in [-0.1, -0.05) is 48.5 Å². The van der Waals surface area contributed by atoms with Gasteiger partial charge in [0.1, 0.15) is 5.69 Å². The molecule has 4 heteroatoms. The van der Waals surface area contributed by atoms with Crippen LogP contribution in [0.2, 0.25) is 0 Å². The normalized spacial score (nSPS) is 10.4. The number of amides is 1. The van der Waals surface area contributed by atoms with Crippen molar-refractivity contribution in [1.82, 2.24) is 4.98 Å². The summed E-state index contributed by atoms with van der Waals surface area (Å²) in [6, 6.07) is 17.9. The van der Waals surface area contributed by atoms with Crippen LogP contribution in [0.4, 0.5) is 5.69 Å². The Bertz CT molecular complexity index is 781. The van der Waals surface area contributed by atoms with E-state index in [4.69, 9.17) is 0 Å². The van der Waals surface area contributed by atoms with E-state index in [1.54, 1.807) is 0 Å². The van der Waals surface area contributed by atoms with Crippen LogP contribution in [-0.4, -0.2) is 10.9 Å². The van der Waals surface area contributed by atoms with E-state index in [0.717, 1.165) is 22.7 Å². The van der Waals surface area contributed by atoms with E-state index in [9.17, 15) is 4.79 Å². The number of rotatable bonds is 4. The van der Waals surface area contributed by atoms with Gasteiger partial charge in [-0.3, -0.25) is 4.79 Å². The Kier molecular flexibility index (Phi) is 4.30. The molecule has 1 aromatic heterocycles. The number of aryl methyl sites for hydroxylation is 1. The van der Waals surface area contributed by atoms with Crippen LogP contribution in [-0.2, 0) is 6.42 Å². The second-order valence-corrected chi connectivity index (χ2v) is 6.00. The molecule has 3 rings (SSSR count). The molecule has 0 unspecified atom stereocenters. The lowest BCUT2D eigenvalue weighted by Crippen LogP contribution is -2.13. The van der Waals surface area contributed by atoms with Gasteiger partial charge in [-0.05, 0) is 24.1 Å². The van der Waals surface area contributed by atoms with Gasteiger partial charge in [0, 0.05) is 17.5 Å². The molecule has 1 amide bonds. The molecule has 0 bridgehead atoms. The van der Waals surface area contributed by atoms with Crippen molar-refractivity contribution >= 4 is 22.9 Å². The number of aromatic nitrogens is 1. The predicted molar refractivity (Wildman–Crippen MR) is 90.5 cm³/mol. The van der Waals surface area contributed by atoms with E-state index >= 15 is 0 Å². The highest BCUT2D eigenvalue weighted by Crippen LogP contribution is 2.18. The van der Waals surface area contributed by atoms with Gasteiger partial charge >= 0.3 is 0 Å². The number of hydrogen-bond donors (Lipinski definition) is 1. The van der Waals surface area contributed by atoms with Gasteiger partial charge in [-0.25, -0.2) is 4.98 Å². The second-order valence-electron chi connectivity index (χ2n) is 5.06. The molecule has 0 spiro atoms. The average molecular weight is 308 g/mol. The van der Waals surface area contributed by atoms with Crippen LogP contribution in [0.25, 0.3) is 0 Å². The predicted octanol–water partition coefficient (Wildman–Crippen LogP) is 4.29. The number of nitrogens with one attached hydrogen (secondary N) is 1. The van der Waals surface area contributed by atoms with Crippen molar-refractivity contribution in [2.75, 3.05) is 5.32 Å². The van der Waals surface area contributed by atoms with Crippen LogP contribution in [0.3, 0.4) is 0 Å². The highest BCUT2D eigenvalue weighted by atomic mass is 32.1. The third-order valence-electron chi connectivity index (χ3n) is 3.38. The minimum atomic E-state index is -0.162. The monoisotopic (exact) mass is 308 g/mol. The lowest BCUT2D eigenvalue weighted by atomic mass is 10.2. The van der Waals surface area contributed by atoms with E-state index in [2.05, 4.69) is 22.4 Å². The van der Waals surface area contributed by atoms with E-state index in [1.165, 1.54) is 16.9 Å². The third-order valence-corrected chi connectivity index (χ3v) is 4.22. The lowest BCUT2D eigenvalue weighted by molar-refractivity contribution is 0.102. The van der Waals surface area contributed by atoms with Crippen LogP contribution in [0.1, 0.15) is 26.6 Å². The molecule has 1 heterocycles. The summed E-state index contributed by atoms with van der Waals surface area (Å²) in [4.78, 5) is 16.7. The summed E-state index contributed by atoms with van der Waals surface area (Å²) in [5.41, 5.74) is 3.53. The molecule has 0 saturated carbocycles. The number of hydrogen-bond acceptors (Lipinski definition) is 3. The number of carbonyl (C=O) groups is 1. The molecule has 22 heavy (non-hydrogen) atoms. The maximum atomic E-state index is 12.3. The molecule has 110 valence electrons. The van der Waals surface area contributed by atoms with Crippen LogP contribution >= 0.6 is 11.3 Å². The van der Waals surface area contributed by atoms with Crippen LogP contribution in [0, 0.1) is 6.92 Å². The summed E-state index contributed by atoms with van der Waals surface area (Å²) in [7, 11) is 0. The van der Waals surface area contributed by atoms with Crippen molar-refractivity contribution in [2.45, 2.75) is 13.3 Å². The Balaban J connectivity index is 1.71. The fourth-order valence-electron chi connectivity index (χ4n) is 2.17. The standard InChI is InChI=1S/C18H16N2OS/c1-13-7-5-6-10-15(13)20-18(21)16-12-22-17(19-16)11-14-8-3-2-4-9-14/h2-10,12H,11H2,1H3,(H,20,21). The van der Waals surface area contributed by atoms with E-state index in [-0.39, 0.29) is 5.91 Å². The SMILES string of the molecule is Cc1ccccc1NC(=O)c1csc(Cc2ccccc2)n1. The summed E-state index contributed by atoms with van der Waals surface area (Å²) in [6.07, 6.45) is 0.753. The van der Waals surface area contributed by atoms with Crippen LogP contribution in [0.5, 0.6) is 0 Å². The molecule has 0 aliphatic heterocycles. The van der Waals surface area contributed by atoms with Gasteiger partial charge in [0.05, 0.1) is 5.01 Å². The fourth-order valence-corrected chi connectivity index (χ4v) is 2.97. The summed E-state index contributed by atoms with van der Waals surface area (Å²) >= 11 is 1.52. The molecule has 0 radical (unpaired) electrons. The number of thiazole rings is 1. The Morgan fingerprint density at radius 1 is 1.09 bits per heavy atom. The van der Waals surface area contributed by atoms with E-state index in [0.29, 0.717) is 5.69 Å². The molecular formula is C18H16N2OS. The van der Waals surface area contributed by atoms with E-state index < -0.39 is 0 Å². The summed E-state index contributed by atoms with van der Waals surface area (Å²) in [6.45, 7) is 1.97. The molecular weight excluding hydrogens is 292 g/mol. The molecule has 0 aliphatic carbocycles. The summed E-state index contributed by atoms with van der Waals surface area (Å²) in [5.74, 6) is -0.162. The highest BCUT2D eigenvalue weighted by molar-refractivity contribution is 7.09. The first-order valence-corrected chi connectivity index (χ1v) is 7.95. The smallest absolute Gasteiger partial charge is 0.275 e. The highest BCUT2D eigenvalue weighted by Gasteiger charge is 2.12. The minimum absolute atomic E-state index is 0.162. The second kappa shape index (κ2) is 6.54. The zero-order valence-electron chi connectivity index (χ0n) is 12.2. The van der Waals surface area contributed by atoms with Crippen molar-refractivity contribution in [1.29, 1.82) is 0 Å². The Labute approximate surface area is 133 Å². The van der Waals surface area contributed by atoms with Crippen molar-refractivity contribution in [3.63, 3.8) is 0 Å². The molecule has 0 saturated heterocycles. The number of anilines is 1. The fraction of sp³-hybridized carbons (Fsp3) is 0.111. The molecule has 0 aliphatic rings. The van der Waals surface area contributed by atoms with Gasteiger partial charge in [0.2, 0.25) is 0 Å². The van der Waals surface area contributed by atoms with Crippen LogP contribution < -0.4 is 5.32 Å².